The van der Waals surface area contributed by atoms with Gasteiger partial charge in [-0.05, 0) is 97.8 Å². The summed E-state index contributed by atoms with van der Waals surface area (Å²) >= 11 is 4.10. The van der Waals surface area contributed by atoms with Crippen LogP contribution in [-0.2, 0) is 10.2 Å². The molecule has 0 saturated heterocycles. The molecule has 162 valence electrons. The number of benzene rings is 2. The number of hydrogen-bond donors (Lipinski definition) is 2. The average Bonchev–Trinajstić information content (AvgIpc) is 2.63. The molecule has 0 aliphatic heterocycles. The molecule has 2 rings (SSSR count). The summed E-state index contributed by atoms with van der Waals surface area (Å²) in [6.45, 7) is 11.1. The van der Waals surface area contributed by atoms with Gasteiger partial charge < -0.3 is 9.84 Å². The minimum absolute atomic E-state index is 0.0622. The Morgan fingerprint density at radius 3 is 2.20 bits per heavy atom. The number of aromatic hydroxyl groups is 1. The lowest BCUT2D eigenvalue weighted by atomic mass is 9.72. The van der Waals surface area contributed by atoms with Crippen molar-refractivity contribution in [1.29, 1.82) is 0 Å². The smallest absolute Gasteiger partial charge is 0.277 e. The van der Waals surface area contributed by atoms with Crippen molar-refractivity contribution in [2.24, 2.45) is 10.5 Å². The number of halogens is 2. The molecule has 0 heterocycles. The number of phenols is 1. The Morgan fingerprint density at radius 2 is 1.67 bits per heavy atom. The van der Waals surface area contributed by atoms with Crippen LogP contribution in [0.1, 0.15) is 52.2 Å². The third-order valence-electron chi connectivity index (χ3n) is 4.42. The topological polar surface area (TPSA) is 70.9 Å². The summed E-state index contributed by atoms with van der Waals surface area (Å²) in [5.74, 6) is 0.553. The second kappa shape index (κ2) is 10.3. The number of hydrazone groups is 1. The maximum atomic E-state index is 12.0. The van der Waals surface area contributed by atoms with Crippen LogP contribution in [0.2, 0.25) is 0 Å². The third kappa shape index (κ3) is 7.72. The van der Waals surface area contributed by atoms with Gasteiger partial charge >= 0.3 is 0 Å². The predicted octanol–water partition coefficient (Wildman–Crippen LogP) is 5.84. The maximum absolute atomic E-state index is 12.0. The van der Waals surface area contributed by atoms with E-state index in [1.54, 1.807) is 12.1 Å². The number of carbonyl (C=O) groups is 1. The zero-order chi connectivity index (χ0) is 22.5. The molecule has 0 bridgehead atoms. The highest BCUT2D eigenvalue weighted by atomic mass is 127. The fourth-order valence-corrected chi connectivity index (χ4v) is 5.27. The van der Waals surface area contributed by atoms with Crippen LogP contribution in [0.15, 0.2) is 41.5 Å². The minimum atomic E-state index is -0.341. The van der Waals surface area contributed by atoms with Gasteiger partial charge in [-0.15, -0.1) is 0 Å². The molecule has 30 heavy (non-hydrogen) atoms. The Labute approximate surface area is 206 Å². The van der Waals surface area contributed by atoms with E-state index < -0.39 is 0 Å². The van der Waals surface area contributed by atoms with Gasteiger partial charge in [-0.2, -0.15) is 5.10 Å². The summed E-state index contributed by atoms with van der Waals surface area (Å²) < 4.78 is 7.02. The standard InChI is InChI=1S/C23H28I2N2O3/c1-22(2,3)14-23(4,5)16-6-8-17(9-7-16)30-13-20(28)27-26-12-15-10-18(24)21(29)19(25)11-15/h6-12,29H,13-14H2,1-5H3,(H,27,28)/b26-12+. The fourth-order valence-electron chi connectivity index (χ4n) is 3.45. The molecule has 0 fully saturated rings. The molecule has 0 aliphatic carbocycles. The van der Waals surface area contributed by atoms with Gasteiger partial charge in [0.05, 0.1) is 13.4 Å². The van der Waals surface area contributed by atoms with E-state index in [2.05, 4.69) is 57.3 Å². The van der Waals surface area contributed by atoms with E-state index in [0.29, 0.717) is 5.75 Å². The van der Waals surface area contributed by atoms with Crippen molar-refractivity contribution in [2.45, 2.75) is 46.5 Å². The highest BCUT2D eigenvalue weighted by Crippen LogP contribution is 2.36. The van der Waals surface area contributed by atoms with Crippen molar-refractivity contribution < 1.29 is 14.6 Å². The lowest BCUT2D eigenvalue weighted by Gasteiger charge is -2.33. The van der Waals surface area contributed by atoms with Gasteiger partial charge in [-0.25, -0.2) is 5.43 Å². The second-order valence-electron chi connectivity index (χ2n) is 9.06. The number of ether oxygens (including phenoxy) is 1. The van der Waals surface area contributed by atoms with Crippen molar-refractivity contribution in [3.05, 3.63) is 54.7 Å². The van der Waals surface area contributed by atoms with Crippen LogP contribution in [0.4, 0.5) is 0 Å². The van der Waals surface area contributed by atoms with Crippen LogP contribution >= 0.6 is 45.2 Å². The molecule has 2 aromatic carbocycles. The number of carbonyl (C=O) groups excluding carboxylic acids is 1. The summed E-state index contributed by atoms with van der Waals surface area (Å²) in [7, 11) is 0. The molecule has 1 amide bonds. The van der Waals surface area contributed by atoms with Gasteiger partial charge in [0, 0.05) is 0 Å². The quantitative estimate of drug-likeness (QED) is 0.229. The molecule has 0 aromatic heterocycles. The molecule has 0 radical (unpaired) electrons. The second-order valence-corrected chi connectivity index (χ2v) is 11.4. The molecular formula is C23H28I2N2O3. The first kappa shape index (κ1) is 24.9. The Hall–Kier alpha value is -1.36. The van der Waals surface area contributed by atoms with Crippen LogP contribution in [-0.4, -0.2) is 23.8 Å². The monoisotopic (exact) mass is 634 g/mol. The van der Waals surface area contributed by atoms with Crippen molar-refractivity contribution in [3.8, 4) is 11.5 Å². The van der Waals surface area contributed by atoms with Crippen molar-refractivity contribution in [2.75, 3.05) is 6.61 Å². The van der Waals surface area contributed by atoms with Gasteiger partial charge in [-0.1, -0.05) is 46.8 Å². The van der Waals surface area contributed by atoms with E-state index in [0.717, 1.165) is 19.1 Å². The first-order valence-electron chi connectivity index (χ1n) is 9.61. The molecule has 7 heteroatoms. The number of nitrogens with zero attached hydrogens (tertiary/aromatic N) is 1. The molecule has 0 atom stereocenters. The van der Waals surface area contributed by atoms with E-state index in [-0.39, 0.29) is 29.1 Å². The lowest BCUT2D eigenvalue weighted by Crippen LogP contribution is -2.25. The van der Waals surface area contributed by atoms with Crippen LogP contribution in [0.5, 0.6) is 11.5 Å². The zero-order valence-electron chi connectivity index (χ0n) is 17.9. The van der Waals surface area contributed by atoms with Gasteiger partial charge in [0.2, 0.25) is 0 Å². The summed E-state index contributed by atoms with van der Waals surface area (Å²) in [6.07, 6.45) is 2.60. The largest absolute Gasteiger partial charge is 0.506 e. The molecular weight excluding hydrogens is 606 g/mol. The molecule has 2 N–H and O–H groups in total. The fraction of sp³-hybridized carbons (Fsp3) is 0.391. The Bertz CT molecular complexity index is 894. The van der Waals surface area contributed by atoms with Crippen LogP contribution in [0.25, 0.3) is 0 Å². The molecule has 0 unspecified atom stereocenters. The number of amides is 1. The van der Waals surface area contributed by atoms with E-state index in [1.807, 2.05) is 57.3 Å². The van der Waals surface area contributed by atoms with Crippen LogP contribution < -0.4 is 10.2 Å². The van der Waals surface area contributed by atoms with Gasteiger partial charge in [0.25, 0.3) is 5.91 Å². The number of hydrogen-bond acceptors (Lipinski definition) is 4. The Balaban J connectivity index is 1.88. The minimum Gasteiger partial charge on any atom is -0.506 e. The zero-order valence-corrected chi connectivity index (χ0v) is 22.2. The van der Waals surface area contributed by atoms with E-state index in [4.69, 9.17) is 4.74 Å². The Kier molecular flexibility index (Phi) is 8.55. The number of rotatable bonds is 7. The first-order chi connectivity index (χ1) is 13.9. The molecule has 0 spiro atoms. The summed E-state index contributed by atoms with van der Waals surface area (Å²) in [5.41, 5.74) is 4.80. The molecule has 0 aliphatic rings. The van der Waals surface area contributed by atoms with Crippen molar-refractivity contribution in [1.82, 2.24) is 5.43 Å². The van der Waals surface area contributed by atoms with Crippen molar-refractivity contribution >= 4 is 57.3 Å². The molecule has 5 nitrogen and oxygen atoms in total. The Morgan fingerprint density at radius 1 is 1.10 bits per heavy atom. The summed E-state index contributed by atoms with van der Waals surface area (Å²) in [6, 6.07) is 11.5. The van der Waals surface area contributed by atoms with Gasteiger partial charge in [-0.3, -0.25) is 4.79 Å². The average molecular weight is 634 g/mol. The summed E-state index contributed by atoms with van der Waals surface area (Å²) in [4.78, 5) is 12.0. The van der Waals surface area contributed by atoms with Crippen molar-refractivity contribution in [3.63, 3.8) is 0 Å². The summed E-state index contributed by atoms with van der Waals surface area (Å²) in [5, 5.41) is 13.7. The normalized spacial score (nSPS) is 12.2. The SMILES string of the molecule is CC(C)(C)CC(C)(C)c1ccc(OCC(=O)N/N=C/c2cc(I)c(O)c(I)c2)cc1. The van der Waals surface area contributed by atoms with E-state index in [1.165, 1.54) is 11.8 Å². The molecule has 2 aromatic rings. The lowest BCUT2D eigenvalue weighted by molar-refractivity contribution is -0.123. The van der Waals surface area contributed by atoms with Gasteiger partial charge in [0.15, 0.2) is 6.61 Å². The van der Waals surface area contributed by atoms with E-state index in [9.17, 15) is 9.90 Å². The van der Waals surface area contributed by atoms with Crippen LogP contribution in [0.3, 0.4) is 0 Å². The predicted molar refractivity (Wildman–Crippen MR) is 138 cm³/mol. The first-order valence-corrected chi connectivity index (χ1v) is 11.8. The maximum Gasteiger partial charge on any atom is 0.277 e. The highest BCUT2D eigenvalue weighted by molar-refractivity contribution is 14.1. The third-order valence-corrected chi connectivity index (χ3v) is 6.06. The molecule has 0 saturated carbocycles. The van der Waals surface area contributed by atoms with Gasteiger partial charge in [0.1, 0.15) is 11.5 Å². The number of nitrogens with one attached hydrogen (secondary N) is 1. The highest BCUT2D eigenvalue weighted by Gasteiger charge is 2.27. The van der Waals surface area contributed by atoms with E-state index >= 15 is 0 Å². The number of phenolic OH excluding ortho intramolecular Hbond substituents is 1. The van der Waals surface area contributed by atoms with Crippen LogP contribution in [0, 0.1) is 12.6 Å².